The van der Waals surface area contributed by atoms with E-state index in [4.69, 9.17) is 0 Å². The zero-order chi connectivity index (χ0) is 10.5. The van der Waals surface area contributed by atoms with Gasteiger partial charge in [-0.15, -0.1) is 0 Å². The molecular formula is C12H19N3. The minimum Gasteiger partial charge on any atom is -0.317 e. The summed E-state index contributed by atoms with van der Waals surface area (Å²) in [5.74, 6) is 1.78. The highest BCUT2D eigenvalue weighted by atomic mass is 14.9. The maximum absolute atomic E-state index is 4.55. The van der Waals surface area contributed by atoms with E-state index in [1.807, 2.05) is 6.20 Å². The molecule has 2 heterocycles. The number of aromatic nitrogens is 2. The zero-order valence-corrected chi connectivity index (χ0v) is 9.37. The molecule has 3 nitrogen and oxygen atoms in total. The maximum Gasteiger partial charge on any atom is 0.128 e. The molecule has 1 N–H and O–H groups in total. The second-order valence-corrected chi connectivity index (χ2v) is 4.22. The topological polar surface area (TPSA) is 37.8 Å². The number of aryl methyl sites for hydroxylation is 1. The van der Waals surface area contributed by atoms with Crippen LogP contribution < -0.4 is 5.32 Å². The Bertz CT molecular complexity index is 305. The molecule has 0 aromatic carbocycles. The largest absolute Gasteiger partial charge is 0.317 e. The van der Waals surface area contributed by atoms with Gasteiger partial charge in [-0.1, -0.05) is 6.92 Å². The quantitative estimate of drug-likeness (QED) is 0.814. The summed E-state index contributed by atoms with van der Waals surface area (Å²) in [7, 11) is 0. The lowest BCUT2D eigenvalue weighted by Crippen LogP contribution is -2.28. The van der Waals surface area contributed by atoms with Gasteiger partial charge >= 0.3 is 0 Å². The molecule has 0 saturated carbocycles. The molecule has 15 heavy (non-hydrogen) atoms. The van der Waals surface area contributed by atoms with E-state index in [1.165, 1.54) is 18.5 Å². The first-order valence-electron chi connectivity index (χ1n) is 5.90. The molecule has 0 aliphatic carbocycles. The summed E-state index contributed by atoms with van der Waals surface area (Å²) in [5.41, 5.74) is 1.22. The summed E-state index contributed by atoms with van der Waals surface area (Å²) < 4.78 is 0. The molecule has 1 saturated heterocycles. The summed E-state index contributed by atoms with van der Waals surface area (Å²) >= 11 is 0. The van der Waals surface area contributed by atoms with Crippen LogP contribution in [0.3, 0.4) is 0 Å². The average Bonchev–Trinajstić information content (AvgIpc) is 2.31. The van der Waals surface area contributed by atoms with E-state index in [0.717, 1.165) is 37.7 Å². The van der Waals surface area contributed by atoms with E-state index in [9.17, 15) is 0 Å². The molecule has 0 unspecified atom stereocenters. The third-order valence-electron chi connectivity index (χ3n) is 3.04. The van der Waals surface area contributed by atoms with Gasteiger partial charge in [0.15, 0.2) is 0 Å². The SMILES string of the molecule is CCc1nccc(CC2CCNCC2)n1. The van der Waals surface area contributed by atoms with Crippen molar-refractivity contribution in [2.75, 3.05) is 13.1 Å². The fraction of sp³-hybridized carbons (Fsp3) is 0.667. The molecule has 1 fully saturated rings. The smallest absolute Gasteiger partial charge is 0.128 e. The summed E-state index contributed by atoms with van der Waals surface area (Å²) in [4.78, 5) is 8.78. The van der Waals surface area contributed by atoms with Crippen LogP contribution in [-0.2, 0) is 12.8 Å². The van der Waals surface area contributed by atoms with Gasteiger partial charge in [0.05, 0.1) is 0 Å². The molecule has 1 aliphatic heterocycles. The van der Waals surface area contributed by atoms with Crippen LogP contribution in [0.1, 0.15) is 31.3 Å². The van der Waals surface area contributed by atoms with Gasteiger partial charge < -0.3 is 5.32 Å². The Kier molecular flexibility index (Phi) is 3.67. The Balaban J connectivity index is 1.96. The number of nitrogens with zero attached hydrogens (tertiary/aromatic N) is 2. The molecule has 1 aromatic heterocycles. The van der Waals surface area contributed by atoms with Gasteiger partial charge in [-0.05, 0) is 44.3 Å². The van der Waals surface area contributed by atoms with Crippen molar-refractivity contribution in [3.05, 3.63) is 23.8 Å². The van der Waals surface area contributed by atoms with Crippen molar-refractivity contribution in [3.8, 4) is 0 Å². The van der Waals surface area contributed by atoms with Crippen molar-refractivity contribution in [3.63, 3.8) is 0 Å². The summed E-state index contributed by atoms with van der Waals surface area (Å²) in [6, 6.07) is 2.06. The van der Waals surface area contributed by atoms with Crippen LogP contribution in [0.2, 0.25) is 0 Å². The Morgan fingerprint density at radius 3 is 2.93 bits per heavy atom. The zero-order valence-electron chi connectivity index (χ0n) is 9.37. The van der Waals surface area contributed by atoms with Gasteiger partial charge in [0, 0.05) is 18.3 Å². The summed E-state index contributed by atoms with van der Waals surface area (Å²) in [5, 5.41) is 3.39. The van der Waals surface area contributed by atoms with Crippen molar-refractivity contribution in [2.45, 2.75) is 32.6 Å². The van der Waals surface area contributed by atoms with Crippen LogP contribution in [-0.4, -0.2) is 23.1 Å². The summed E-state index contributed by atoms with van der Waals surface area (Å²) in [6.45, 7) is 4.43. The molecule has 3 heteroatoms. The molecule has 0 amide bonds. The summed E-state index contributed by atoms with van der Waals surface area (Å²) in [6.07, 6.45) is 6.51. The first kappa shape index (κ1) is 10.6. The maximum atomic E-state index is 4.55. The normalized spacial score (nSPS) is 17.9. The van der Waals surface area contributed by atoms with E-state index in [2.05, 4.69) is 28.3 Å². The average molecular weight is 205 g/mol. The highest BCUT2D eigenvalue weighted by Gasteiger charge is 2.14. The van der Waals surface area contributed by atoms with Crippen LogP contribution in [0.4, 0.5) is 0 Å². The molecule has 82 valence electrons. The Morgan fingerprint density at radius 1 is 1.40 bits per heavy atom. The minimum absolute atomic E-state index is 0.811. The number of rotatable bonds is 3. The van der Waals surface area contributed by atoms with Crippen LogP contribution in [0, 0.1) is 5.92 Å². The second-order valence-electron chi connectivity index (χ2n) is 4.22. The second kappa shape index (κ2) is 5.21. The molecule has 0 spiro atoms. The molecule has 1 aromatic rings. The predicted octanol–water partition coefficient (Wildman–Crippen LogP) is 1.58. The molecule has 0 bridgehead atoms. The van der Waals surface area contributed by atoms with Crippen molar-refractivity contribution >= 4 is 0 Å². The Hall–Kier alpha value is -0.960. The third kappa shape index (κ3) is 2.99. The van der Waals surface area contributed by atoms with Crippen LogP contribution >= 0.6 is 0 Å². The number of piperidine rings is 1. The van der Waals surface area contributed by atoms with Gasteiger partial charge in [-0.3, -0.25) is 0 Å². The van der Waals surface area contributed by atoms with Crippen molar-refractivity contribution < 1.29 is 0 Å². The van der Waals surface area contributed by atoms with Crippen molar-refractivity contribution in [1.29, 1.82) is 0 Å². The van der Waals surface area contributed by atoms with E-state index < -0.39 is 0 Å². The van der Waals surface area contributed by atoms with Crippen molar-refractivity contribution in [1.82, 2.24) is 15.3 Å². The van der Waals surface area contributed by atoms with E-state index in [0.29, 0.717) is 0 Å². The van der Waals surface area contributed by atoms with Gasteiger partial charge in [-0.25, -0.2) is 9.97 Å². The van der Waals surface area contributed by atoms with Gasteiger partial charge in [-0.2, -0.15) is 0 Å². The van der Waals surface area contributed by atoms with Gasteiger partial charge in [0.1, 0.15) is 5.82 Å². The third-order valence-corrected chi connectivity index (χ3v) is 3.04. The molecule has 1 aliphatic rings. The van der Waals surface area contributed by atoms with Crippen molar-refractivity contribution in [2.24, 2.45) is 5.92 Å². The van der Waals surface area contributed by atoms with E-state index in [1.54, 1.807) is 0 Å². The van der Waals surface area contributed by atoms with Crippen LogP contribution in [0.15, 0.2) is 12.3 Å². The lowest BCUT2D eigenvalue weighted by atomic mass is 9.93. The minimum atomic E-state index is 0.811. The predicted molar refractivity (Wildman–Crippen MR) is 60.7 cm³/mol. The van der Waals surface area contributed by atoms with Crippen LogP contribution in [0.5, 0.6) is 0 Å². The van der Waals surface area contributed by atoms with E-state index >= 15 is 0 Å². The lowest BCUT2D eigenvalue weighted by Gasteiger charge is -2.22. The monoisotopic (exact) mass is 205 g/mol. The number of nitrogens with one attached hydrogen (secondary N) is 1. The fourth-order valence-corrected chi connectivity index (χ4v) is 2.11. The number of hydrogen-bond donors (Lipinski definition) is 1. The Labute approximate surface area is 91.3 Å². The molecular weight excluding hydrogens is 186 g/mol. The first-order chi connectivity index (χ1) is 7.38. The van der Waals surface area contributed by atoms with Gasteiger partial charge in [0.25, 0.3) is 0 Å². The standard InChI is InChI=1S/C12H19N3/c1-2-12-14-8-5-11(15-12)9-10-3-6-13-7-4-10/h5,8,10,13H,2-4,6-7,9H2,1H3. The fourth-order valence-electron chi connectivity index (χ4n) is 2.11. The molecule has 2 rings (SSSR count). The van der Waals surface area contributed by atoms with Gasteiger partial charge in [0.2, 0.25) is 0 Å². The number of hydrogen-bond acceptors (Lipinski definition) is 3. The lowest BCUT2D eigenvalue weighted by molar-refractivity contribution is 0.369. The van der Waals surface area contributed by atoms with E-state index in [-0.39, 0.29) is 0 Å². The van der Waals surface area contributed by atoms with Crippen LogP contribution in [0.25, 0.3) is 0 Å². The highest BCUT2D eigenvalue weighted by molar-refractivity contribution is 5.03. The Morgan fingerprint density at radius 2 is 2.20 bits per heavy atom. The first-order valence-corrected chi connectivity index (χ1v) is 5.90. The highest BCUT2D eigenvalue weighted by Crippen LogP contribution is 2.16. The molecule has 0 radical (unpaired) electrons. The molecule has 0 atom stereocenters.